The third-order valence-corrected chi connectivity index (χ3v) is 4.12. The number of rotatable bonds is 8. The van der Waals surface area contributed by atoms with Crippen LogP contribution in [0.2, 0.25) is 0 Å². The predicted molar refractivity (Wildman–Crippen MR) is 94.0 cm³/mol. The quantitative estimate of drug-likeness (QED) is 0.704. The molecule has 1 unspecified atom stereocenters. The van der Waals surface area contributed by atoms with Crippen LogP contribution in [-0.2, 0) is 0 Å². The van der Waals surface area contributed by atoms with Gasteiger partial charge in [0.05, 0.1) is 11.6 Å². The maximum Gasteiger partial charge on any atom is 0.0889 e. The molecule has 0 spiro atoms. The average molecular weight is 297 g/mol. The van der Waals surface area contributed by atoms with Gasteiger partial charge in [0.25, 0.3) is 0 Å². The molecule has 2 aromatic rings. The highest BCUT2D eigenvalue weighted by molar-refractivity contribution is 5.46. The summed E-state index contributed by atoms with van der Waals surface area (Å²) < 4.78 is 0. The van der Waals surface area contributed by atoms with Crippen LogP contribution in [0.15, 0.2) is 60.7 Å². The van der Waals surface area contributed by atoms with Crippen molar-refractivity contribution in [3.63, 3.8) is 0 Å². The van der Waals surface area contributed by atoms with Gasteiger partial charge < -0.3 is 10.4 Å². The molecule has 0 radical (unpaired) electrons. The Morgan fingerprint density at radius 3 is 1.86 bits per heavy atom. The van der Waals surface area contributed by atoms with Gasteiger partial charge in [0.2, 0.25) is 0 Å². The van der Waals surface area contributed by atoms with Crippen LogP contribution in [0.25, 0.3) is 0 Å². The third kappa shape index (κ3) is 4.11. The fraction of sp³-hybridized carbons (Fsp3) is 0.400. The van der Waals surface area contributed by atoms with Gasteiger partial charge in [-0.3, -0.25) is 0 Å². The number of para-hydroxylation sites is 1. The molecule has 0 fully saturated rings. The Labute approximate surface area is 134 Å². The molecule has 1 atom stereocenters. The number of hydrogen-bond acceptors (Lipinski definition) is 2. The summed E-state index contributed by atoms with van der Waals surface area (Å²) in [6.07, 6.45) is 3.52. The van der Waals surface area contributed by atoms with Crippen LogP contribution in [-0.4, -0.2) is 10.7 Å². The second-order valence-corrected chi connectivity index (χ2v) is 5.96. The first-order valence-corrected chi connectivity index (χ1v) is 8.28. The van der Waals surface area contributed by atoms with Crippen LogP contribution < -0.4 is 5.32 Å². The molecule has 0 aliphatic rings. The summed E-state index contributed by atoms with van der Waals surface area (Å²) in [4.78, 5) is 0. The Morgan fingerprint density at radius 2 is 1.36 bits per heavy atom. The number of anilines is 1. The van der Waals surface area contributed by atoms with Crippen molar-refractivity contribution in [1.29, 1.82) is 0 Å². The molecule has 0 aliphatic carbocycles. The lowest BCUT2D eigenvalue weighted by molar-refractivity contribution is 0.00180. The Bertz CT molecular complexity index is 532. The molecule has 0 saturated carbocycles. The molecule has 2 aromatic carbocycles. The third-order valence-electron chi connectivity index (χ3n) is 4.12. The Balaban J connectivity index is 2.36. The fourth-order valence-corrected chi connectivity index (χ4v) is 3.15. The zero-order valence-electron chi connectivity index (χ0n) is 13.6. The van der Waals surface area contributed by atoms with E-state index in [1.165, 1.54) is 0 Å². The van der Waals surface area contributed by atoms with Crippen molar-refractivity contribution in [3.05, 3.63) is 66.2 Å². The summed E-state index contributed by atoms with van der Waals surface area (Å²) in [5, 5.41) is 14.9. The largest absolute Gasteiger partial charge is 0.387 e. The summed E-state index contributed by atoms with van der Waals surface area (Å²) in [5.74, 6) is 0. The molecule has 118 valence electrons. The van der Waals surface area contributed by atoms with Gasteiger partial charge in [0, 0.05) is 5.69 Å². The molecular formula is C20H27NO. The van der Waals surface area contributed by atoms with Gasteiger partial charge in [0.1, 0.15) is 0 Å². The van der Waals surface area contributed by atoms with E-state index in [-0.39, 0.29) is 6.04 Å². The summed E-state index contributed by atoms with van der Waals surface area (Å²) in [6.45, 7) is 4.26. The normalized spacial score (nSPS) is 12.9. The van der Waals surface area contributed by atoms with Crippen LogP contribution >= 0.6 is 0 Å². The van der Waals surface area contributed by atoms with Crippen LogP contribution in [0.1, 0.15) is 51.1 Å². The van der Waals surface area contributed by atoms with Crippen molar-refractivity contribution in [2.45, 2.75) is 51.2 Å². The van der Waals surface area contributed by atoms with Crippen LogP contribution in [0.5, 0.6) is 0 Å². The molecule has 2 rings (SSSR count). The lowest BCUT2D eigenvalue weighted by Crippen LogP contribution is -2.40. The topological polar surface area (TPSA) is 32.3 Å². The van der Waals surface area contributed by atoms with Crippen molar-refractivity contribution >= 4 is 5.69 Å². The van der Waals surface area contributed by atoms with E-state index in [0.717, 1.165) is 36.9 Å². The standard InChI is InChI=1S/C20H27NO/c1-3-15-20(22,16-4-2)19(17-11-7-5-8-12-17)21-18-13-9-6-10-14-18/h5-14,19,21-22H,3-4,15-16H2,1-2H3. The SMILES string of the molecule is CCCC(O)(CCC)C(Nc1ccccc1)c1ccccc1. The van der Waals surface area contributed by atoms with Crippen molar-refractivity contribution in [1.82, 2.24) is 0 Å². The second kappa shape index (κ2) is 8.00. The fourth-order valence-electron chi connectivity index (χ4n) is 3.15. The smallest absolute Gasteiger partial charge is 0.0889 e. The van der Waals surface area contributed by atoms with Crippen LogP contribution in [0.4, 0.5) is 5.69 Å². The highest BCUT2D eigenvalue weighted by Gasteiger charge is 2.36. The predicted octanol–water partition coefficient (Wildman–Crippen LogP) is 5.17. The molecule has 0 aromatic heterocycles. The van der Waals surface area contributed by atoms with Gasteiger partial charge in [0.15, 0.2) is 0 Å². The van der Waals surface area contributed by atoms with Gasteiger partial charge in [-0.25, -0.2) is 0 Å². The number of nitrogens with one attached hydrogen (secondary N) is 1. The Kier molecular flexibility index (Phi) is 6.02. The molecule has 2 nitrogen and oxygen atoms in total. The zero-order valence-corrected chi connectivity index (χ0v) is 13.6. The molecule has 0 aliphatic heterocycles. The lowest BCUT2D eigenvalue weighted by Gasteiger charge is -2.38. The monoisotopic (exact) mass is 297 g/mol. The van der Waals surface area contributed by atoms with Gasteiger partial charge >= 0.3 is 0 Å². The molecule has 0 amide bonds. The molecule has 0 saturated heterocycles. The van der Waals surface area contributed by atoms with Gasteiger partial charge in [-0.2, -0.15) is 0 Å². The molecule has 2 N–H and O–H groups in total. The van der Waals surface area contributed by atoms with Crippen LogP contribution in [0.3, 0.4) is 0 Å². The molecule has 0 heterocycles. The average Bonchev–Trinajstić information content (AvgIpc) is 2.55. The Hall–Kier alpha value is -1.80. The van der Waals surface area contributed by atoms with Crippen molar-refractivity contribution in [3.8, 4) is 0 Å². The van der Waals surface area contributed by atoms with E-state index in [4.69, 9.17) is 0 Å². The molecule has 2 heteroatoms. The first-order chi connectivity index (χ1) is 10.7. The summed E-state index contributed by atoms with van der Waals surface area (Å²) in [6, 6.07) is 20.3. The van der Waals surface area contributed by atoms with Gasteiger partial charge in [-0.15, -0.1) is 0 Å². The number of aliphatic hydroxyl groups is 1. The Morgan fingerprint density at radius 1 is 0.864 bits per heavy atom. The first-order valence-electron chi connectivity index (χ1n) is 8.28. The first kappa shape index (κ1) is 16.6. The van der Waals surface area contributed by atoms with E-state index in [1.807, 2.05) is 48.5 Å². The van der Waals surface area contributed by atoms with E-state index in [1.54, 1.807) is 0 Å². The van der Waals surface area contributed by atoms with Crippen molar-refractivity contribution < 1.29 is 5.11 Å². The maximum absolute atomic E-state index is 11.3. The maximum atomic E-state index is 11.3. The molecule has 0 bridgehead atoms. The minimum absolute atomic E-state index is 0.101. The van der Waals surface area contributed by atoms with Crippen molar-refractivity contribution in [2.75, 3.05) is 5.32 Å². The van der Waals surface area contributed by atoms with E-state index < -0.39 is 5.60 Å². The van der Waals surface area contributed by atoms with Gasteiger partial charge in [-0.1, -0.05) is 75.2 Å². The van der Waals surface area contributed by atoms with E-state index in [9.17, 15) is 5.11 Å². The van der Waals surface area contributed by atoms with E-state index in [0.29, 0.717) is 0 Å². The molecular weight excluding hydrogens is 270 g/mol. The summed E-state index contributed by atoms with van der Waals surface area (Å²) >= 11 is 0. The zero-order chi connectivity index (χ0) is 15.8. The van der Waals surface area contributed by atoms with Crippen molar-refractivity contribution in [2.24, 2.45) is 0 Å². The summed E-state index contributed by atoms with van der Waals surface area (Å²) in [5.41, 5.74) is 1.44. The minimum Gasteiger partial charge on any atom is -0.387 e. The summed E-state index contributed by atoms with van der Waals surface area (Å²) in [7, 11) is 0. The number of benzene rings is 2. The molecule has 22 heavy (non-hydrogen) atoms. The highest BCUT2D eigenvalue weighted by atomic mass is 16.3. The number of hydrogen-bond donors (Lipinski definition) is 2. The van der Waals surface area contributed by atoms with E-state index >= 15 is 0 Å². The van der Waals surface area contributed by atoms with Gasteiger partial charge in [-0.05, 0) is 30.5 Å². The second-order valence-electron chi connectivity index (χ2n) is 5.96. The highest BCUT2D eigenvalue weighted by Crippen LogP contribution is 2.36. The lowest BCUT2D eigenvalue weighted by atomic mass is 9.81. The minimum atomic E-state index is -0.735. The van der Waals surface area contributed by atoms with E-state index in [2.05, 4.69) is 31.3 Å². The van der Waals surface area contributed by atoms with Crippen LogP contribution in [0, 0.1) is 0 Å².